The zero-order valence-electron chi connectivity index (χ0n) is 5.24. The van der Waals surface area contributed by atoms with E-state index in [1.54, 1.807) is 0 Å². The van der Waals surface area contributed by atoms with Gasteiger partial charge in [0.25, 0.3) is 0 Å². The molecule has 3 heteroatoms. The third-order valence-electron chi connectivity index (χ3n) is 1.77. The first-order valence-electron chi connectivity index (χ1n) is 2.83. The van der Waals surface area contributed by atoms with Crippen LogP contribution in [-0.2, 0) is 18.3 Å². The van der Waals surface area contributed by atoms with E-state index in [2.05, 4.69) is 36.5 Å². The van der Waals surface area contributed by atoms with Crippen molar-refractivity contribution in [1.29, 1.82) is 0 Å². The van der Waals surface area contributed by atoms with Crippen LogP contribution in [0.3, 0.4) is 0 Å². The van der Waals surface area contributed by atoms with Gasteiger partial charge >= 0.3 is 59.0 Å². The van der Waals surface area contributed by atoms with Gasteiger partial charge in [0.15, 0.2) is 0 Å². The van der Waals surface area contributed by atoms with Crippen molar-refractivity contribution in [2.75, 3.05) is 0 Å². The normalized spacial score (nSPS) is 32.7. The molecule has 0 aromatic rings. The number of hydrogen-bond donors (Lipinski definition) is 0. The van der Waals surface area contributed by atoms with E-state index in [9.17, 15) is 0 Å². The van der Waals surface area contributed by atoms with E-state index in [0.717, 1.165) is 0 Å². The number of halogens is 2. The third-order valence-corrected chi connectivity index (χ3v) is 2.67. The molecule has 0 nitrogen and oxygen atoms in total. The molecule has 0 spiro atoms. The monoisotopic (exact) mass is 264 g/mol. The molecule has 10 heavy (non-hydrogen) atoms. The Morgan fingerprint density at radius 1 is 1.40 bits per heavy atom. The molecule has 0 N–H and O–H groups in total. The second-order valence-corrected chi connectivity index (χ2v) is 4.12. The van der Waals surface area contributed by atoms with Crippen LogP contribution >= 0.6 is 0 Å². The molecule has 0 saturated heterocycles. The molecule has 0 amide bonds. The van der Waals surface area contributed by atoms with Crippen LogP contribution in [0, 0.1) is 0 Å². The van der Waals surface area contributed by atoms with Crippen molar-refractivity contribution < 1.29 is 43.1 Å². The fourth-order valence-corrected chi connectivity index (χ4v) is 1.92. The maximum atomic E-state index is 3.10. The summed E-state index contributed by atoms with van der Waals surface area (Å²) in [4.78, 5) is 0. The molecule has 0 saturated carbocycles. The predicted molar refractivity (Wildman–Crippen MR) is 29.1 cm³/mol. The van der Waals surface area contributed by atoms with E-state index in [-0.39, 0.29) is 24.8 Å². The Kier molecular flexibility index (Phi) is 3.62. The van der Waals surface area contributed by atoms with Gasteiger partial charge in [-0.3, -0.25) is 0 Å². The van der Waals surface area contributed by atoms with Crippen molar-refractivity contribution in [1.82, 2.24) is 0 Å². The van der Waals surface area contributed by atoms with Crippen LogP contribution in [0.5, 0.6) is 0 Å². The van der Waals surface area contributed by atoms with Gasteiger partial charge in [-0.25, -0.2) is 0 Å². The molecule has 0 aromatic carbocycles. The molecular weight excluding hydrogens is 258 g/mol. The number of hydrogen-bond acceptors (Lipinski definition) is 0. The van der Waals surface area contributed by atoms with E-state index in [0.29, 0.717) is 4.01 Å². The minimum absolute atomic E-state index is 0. The van der Waals surface area contributed by atoms with E-state index in [4.69, 9.17) is 0 Å². The summed E-state index contributed by atoms with van der Waals surface area (Å²) in [6.07, 6.45) is 9.31. The third kappa shape index (κ3) is 1.64. The van der Waals surface area contributed by atoms with Gasteiger partial charge in [0.1, 0.15) is 0 Å². The van der Waals surface area contributed by atoms with Gasteiger partial charge < -0.3 is 24.8 Å². The van der Waals surface area contributed by atoms with Gasteiger partial charge in [-0.1, -0.05) is 0 Å². The Hall–Kier alpha value is 0.683. The molecule has 2 bridgehead atoms. The molecule has 0 aromatic heterocycles. The Morgan fingerprint density at radius 2 is 2.10 bits per heavy atom. The standard InChI is InChI=1S/C7H7.2ClH.Rh/c1-2-7-4-3-6(1)5-7;;;/h1-3H,4-5H2;2*1H;/q;;;+2/p-2. The molecule has 58 valence electrons. The van der Waals surface area contributed by atoms with Gasteiger partial charge in [0, 0.05) is 0 Å². The van der Waals surface area contributed by atoms with Gasteiger partial charge in [0.2, 0.25) is 0 Å². The second kappa shape index (κ2) is 3.39. The van der Waals surface area contributed by atoms with Crippen molar-refractivity contribution in [3.8, 4) is 0 Å². The molecular formula is C7H7Cl2Rh. The summed E-state index contributed by atoms with van der Waals surface area (Å²) >= 11 is 3.10. The number of rotatable bonds is 0. The Labute approximate surface area is 83.6 Å². The summed E-state index contributed by atoms with van der Waals surface area (Å²) in [6.45, 7) is 0. The number of allylic oxidation sites excluding steroid dienone is 4. The summed E-state index contributed by atoms with van der Waals surface area (Å²) in [5.41, 5.74) is 1.52. The average molecular weight is 265 g/mol. The van der Waals surface area contributed by atoms with Gasteiger partial charge in [0.05, 0.1) is 0 Å². The average Bonchev–Trinajstić information content (AvgIpc) is 2.21. The van der Waals surface area contributed by atoms with Crippen molar-refractivity contribution in [2.45, 2.75) is 16.9 Å². The fraction of sp³-hybridized carbons (Fsp3) is 0.429. The van der Waals surface area contributed by atoms with E-state index < -0.39 is 0 Å². The molecule has 0 fully saturated rings. The Balaban J connectivity index is 0.000000405. The minimum atomic E-state index is 0. The van der Waals surface area contributed by atoms with Gasteiger partial charge in [-0.2, -0.15) is 0 Å². The molecule has 2 aliphatic rings. The van der Waals surface area contributed by atoms with E-state index in [1.165, 1.54) is 18.4 Å². The molecule has 1 atom stereocenters. The van der Waals surface area contributed by atoms with Crippen LogP contribution in [0.1, 0.15) is 12.8 Å². The van der Waals surface area contributed by atoms with Crippen LogP contribution in [0.15, 0.2) is 23.8 Å². The Bertz CT molecular complexity index is 186. The predicted octanol–water partition coefficient (Wildman–Crippen LogP) is -4.01. The summed E-state index contributed by atoms with van der Waals surface area (Å²) in [6, 6.07) is 0. The Morgan fingerprint density at radius 3 is 2.20 bits per heavy atom. The molecule has 0 aliphatic heterocycles. The van der Waals surface area contributed by atoms with Crippen molar-refractivity contribution >= 4 is 0 Å². The fourth-order valence-electron chi connectivity index (χ4n) is 1.28. The molecule has 1 unspecified atom stereocenters. The summed E-state index contributed by atoms with van der Waals surface area (Å²) in [5, 5.41) is 0. The molecule has 2 aliphatic carbocycles. The van der Waals surface area contributed by atoms with E-state index >= 15 is 0 Å². The second-order valence-electron chi connectivity index (χ2n) is 2.48. The molecule has 2 rings (SSSR count). The van der Waals surface area contributed by atoms with E-state index in [1.807, 2.05) is 0 Å². The SMILES string of the molecule is [Cl-].[Cl-].[Rh+2][C]12C=CC(=CC1)C2. The number of fused-ring (bicyclic) bond motifs is 2. The van der Waals surface area contributed by atoms with Crippen molar-refractivity contribution in [3.63, 3.8) is 0 Å². The van der Waals surface area contributed by atoms with Crippen LogP contribution in [0.2, 0.25) is 4.01 Å². The van der Waals surface area contributed by atoms with Crippen LogP contribution < -0.4 is 24.8 Å². The first-order chi connectivity index (χ1) is 3.79. The summed E-state index contributed by atoms with van der Waals surface area (Å²) in [7, 11) is 0. The maximum absolute atomic E-state index is 3.10. The first kappa shape index (κ1) is 10.7. The molecule has 0 radical (unpaired) electrons. The van der Waals surface area contributed by atoms with Crippen LogP contribution in [0.4, 0.5) is 0 Å². The van der Waals surface area contributed by atoms with Gasteiger partial charge in [-0.15, -0.1) is 0 Å². The topological polar surface area (TPSA) is 0 Å². The summed E-state index contributed by atoms with van der Waals surface area (Å²) < 4.78 is 0.427. The van der Waals surface area contributed by atoms with Crippen molar-refractivity contribution in [3.05, 3.63) is 23.8 Å². The zero-order chi connectivity index (χ0) is 5.61. The summed E-state index contributed by atoms with van der Waals surface area (Å²) in [5.74, 6) is 0. The van der Waals surface area contributed by atoms with Crippen LogP contribution in [-0.4, -0.2) is 0 Å². The zero-order valence-corrected chi connectivity index (χ0v) is 8.39. The van der Waals surface area contributed by atoms with Gasteiger partial charge in [-0.05, 0) is 0 Å². The van der Waals surface area contributed by atoms with Crippen molar-refractivity contribution in [2.24, 2.45) is 0 Å². The molecule has 0 heterocycles. The first-order valence-corrected chi connectivity index (χ1v) is 3.65. The van der Waals surface area contributed by atoms with Crippen LogP contribution in [0.25, 0.3) is 0 Å². The quantitative estimate of drug-likeness (QED) is 0.392.